The van der Waals surface area contributed by atoms with E-state index in [-0.39, 0.29) is 5.54 Å². The zero-order valence-corrected chi connectivity index (χ0v) is 15.3. The maximum Gasteiger partial charge on any atom is 0.00966 e. The summed E-state index contributed by atoms with van der Waals surface area (Å²) in [5.41, 5.74) is 0.737. The second kappa shape index (κ2) is 6.81. The van der Waals surface area contributed by atoms with Crippen LogP contribution in [0.15, 0.2) is 0 Å². The van der Waals surface area contributed by atoms with E-state index in [1.165, 1.54) is 32.2 Å². The van der Waals surface area contributed by atoms with Crippen molar-refractivity contribution in [2.75, 3.05) is 6.54 Å². The monoisotopic (exact) mass is 281 g/mol. The highest BCUT2D eigenvalue weighted by molar-refractivity contribution is 4.88. The van der Waals surface area contributed by atoms with Crippen molar-refractivity contribution < 1.29 is 0 Å². The topological polar surface area (TPSA) is 12.0 Å². The Kier molecular flexibility index (Phi) is 6.14. The van der Waals surface area contributed by atoms with Gasteiger partial charge in [0.2, 0.25) is 0 Å². The van der Waals surface area contributed by atoms with Gasteiger partial charge in [0.05, 0.1) is 0 Å². The fraction of sp³-hybridized carbons (Fsp3) is 1.00. The summed E-state index contributed by atoms with van der Waals surface area (Å²) >= 11 is 0. The van der Waals surface area contributed by atoms with Gasteiger partial charge in [0.15, 0.2) is 0 Å². The van der Waals surface area contributed by atoms with Gasteiger partial charge in [0, 0.05) is 5.54 Å². The quantitative estimate of drug-likeness (QED) is 0.717. The van der Waals surface area contributed by atoms with E-state index in [0.717, 1.165) is 23.7 Å². The predicted octanol–water partition coefficient (Wildman–Crippen LogP) is 5.50. The third-order valence-electron chi connectivity index (χ3n) is 5.03. The maximum atomic E-state index is 3.75. The van der Waals surface area contributed by atoms with Crippen LogP contribution in [-0.2, 0) is 0 Å². The Morgan fingerprint density at radius 2 is 1.55 bits per heavy atom. The Morgan fingerprint density at radius 3 is 2.00 bits per heavy atom. The summed E-state index contributed by atoms with van der Waals surface area (Å²) in [6, 6.07) is 0. The first-order chi connectivity index (χ1) is 8.99. The zero-order chi connectivity index (χ0) is 15.6. The first-order valence-corrected chi connectivity index (χ1v) is 8.74. The Bertz CT molecular complexity index is 279. The van der Waals surface area contributed by atoms with Gasteiger partial charge in [-0.3, -0.25) is 0 Å². The summed E-state index contributed by atoms with van der Waals surface area (Å²) in [6.45, 7) is 20.1. The first kappa shape index (κ1) is 18.0. The lowest BCUT2D eigenvalue weighted by Crippen LogP contribution is -2.43. The highest BCUT2D eigenvalue weighted by Crippen LogP contribution is 2.44. The van der Waals surface area contributed by atoms with E-state index in [2.05, 4.69) is 60.7 Å². The minimum absolute atomic E-state index is 0.253. The molecule has 120 valence electrons. The third-order valence-corrected chi connectivity index (χ3v) is 5.03. The third kappa shape index (κ3) is 6.16. The molecule has 0 aromatic rings. The minimum atomic E-state index is 0.253. The molecule has 3 atom stereocenters. The van der Waals surface area contributed by atoms with Gasteiger partial charge in [-0.05, 0) is 82.1 Å². The van der Waals surface area contributed by atoms with Crippen LogP contribution in [-0.4, -0.2) is 12.1 Å². The Hall–Kier alpha value is -0.0400. The van der Waals surface area contributed by atoms with Gasteiger partial charge >= 0.3 is 0 Å². The fourth-order valence-electron chi connectivity index (χ4n) is 3.71. The van der Waals surface area contributed by atoms with Gasteiger partial charge in [-0.1, -0.05) is 34.6 Å². The van der Waals surface area contributed by atoms with Crippen LogP contribution in [0.25, 0.3) is 0 Å². The van der Waals surface area contributed by atoms with Crippen molar-refractivity contribution in [2.45, 2.75) is 86.6 Å². The minimum Gasteiger partial charge on any atom is -0.312 e. The maximum absolute atomic E-state index is 3.75. The van der Waals surface area contributed by atoms with Crippen molar-refractivity contribution in [1.29, 1.82) is 0 Å². The Morgan fingerprint density at radius 1 is 0.950 bits per heavy atom. The molecular formula is C19H39N. The van der Waals surface area contributed by atoms with Crippen LogP contribution in [0, 0.1) is 29.1 Å². The largest absolute Gasteiger partial charge is 0.312 e. The highest BCUT2D eigenvalue weighted by Gasteiger charge is 2.36. The highest BCUT2D eigenvalue weighted by atomic mass is 14.9. The van der Waals surface area contributed by atoms with Crippen LogP contribution in [0.5, 0.6) is 0 Å². The first-order valence-electron chi connectivity index (χ1n) is 8.74. The molecule has 0 aromatic carbocycles. The van der Waals surface area contributed by atoms with E-state index in [1.54, 1.807) is 0 Å². The average Bonchev–Trinajstić information content (AvgIpc) is 2.24. The second-order valence-electron chi connectivity index (χ2n) is 9.66. The van der Waals surface area contributed by atoms with Gasteiger partial charge in [-0.2, -0.15) is 0 Å². The molecule has 0 aliphatic heterocycles. The van der Waals surface area contributed by atoms with Gasteiger partial charge in [0.1, 0.15) is 0 Å². The van der Waals surface area contributed by atoms with Crippen LogP contribution < -0.4 is 5.32 Å². The normalized spacial score (nSPS) is 28.9. The number of hydrogen-bond donors (Lipinski definition) is 1. The van der Waals surface area contributed by atoms with Crippen molar-refractivity contribution in [3.63, 3.8) is 0 Å². The van der Waals surface area contributed by atoms with E-state index in [4.69, 9.17) is 0 Å². The van der Waals surface area contributed by atoms with Gasteiger partial charge in [-0.25, -0.2) is 0 Å². The summed E-state index contributed by atoms with van der Waals surface area (Å²) in [7, 11) is 0. The molecule has 0 radical (unpaired) electrons. The summed E-state index contributed by atoms with van der Waals surface area (Å²) in [4.78, 5) is 0. The van der Waals surface area contributed by atoms with Crippen LogP contribution >= 0.6 is 0 Å². The van der Waals surface area contributed by atoms with E-state index >= 15 is 0 Å². The Labute approximate surface area is 128 Å². The van der Waals surface area contributed by atoms with Crippen molar-refractivity contribution in [2.24, 2.45) is 29.1 Å². The number of hydrogen-bond acceptors (Lipinski definition) is 1. The molecule has 1 nitrogen and oxygen atoms in total. The summed E-state index contributed by atoms with van der Waals surface area (Å²) in [6.07, 6.45) is 5.69. The van der Waals surface area contributed by atoms with Gasteiger partial charge in [-0.15, -0.1) is 0 Å². The average molecular weight is 282 g/mol. The van der Waals surface area contributed by atoms with E-state index < -0.39 is 0 Å². The predicted molar refractivity (Wildman–Crippen MR) is 91.0 cm³/mol. The van der Waals surface area contributed by atoms with Crippen molar-refractivity contribution in [3.8, 4) is 0 Å². The molecule has 0 spiro atoms. The molecule has 3 unspecified atom stereocenters. The Balaban J connectivity index is 2.65. The molecule has 0 heterocycles. The van der Waals surface area contributed by atoms with E-state index in [9.17, 15) is 0 Å². The molecule has 0 saturated heterocycles. The van der Waals surface area contributed by atoms with E-state index in [0.29, 0.717) is 5.41 Å². The lowest BCUT2D eigenvalue weighted by atomic mass is 9.64. The molecule has 1 N–H and O–H groups in total. The summed E-state index contributed by atoms with van der Waals surface area (Å²) in [5, 5.41) is 3.75. The molecule has 1 aliphatic carbocycles. The van der Waals surface area contributed by atoms with E-state index in [1.807, 2.05) is 0 Å². The van der Waals surface area contributed by atoms with Crippen molar-refractivity contribution >= 4 is 0 Å². The number of nitrogens with one attached hydrogen (secondary N) is 1. The molecule has 0 aromatic heterocycles. The fourth-order valence-corrected chi connectivity index (χ4v) is 3.71. The van der Waals surface area contributed by atoms with Crippen LogP contribution in [0.1, 0.15) is 81.1 Å². The SMILES string of the molecule is CC(C)CC1CC(C(C)(C)C)CCC1CNC(C)(C)C. The van der Waals surface area contributed by atoms with Gasteiger partial charge in [0.25, 0.3) is 0 Å². The second-order valence-corrected chi connectivity index (χ2v) is 9.66. The zero-order valence-electron chi connectivity index (χ0n) is 15.3. The molecule has 1 fully saturated rings. The molecular weight excluding hydrogens is 242 g/mol. The molecule has 1 aliphatic rings. The standard InChI is InChI=1S/C19H39N/c1-14(2)11-16-12-17(18(3,4)5)10-9-15(16)13-20-19(6,7)8/h14-17,20H,9-13H2,1-8H3. The van der Waals surface area contributed by atoms with Crippen molar-refractivity contribution in [3.05, 3.63) is 0 Å². The molecule has 0 amide bonds. The summed E-state index contributed by atoms with van der Waals surface area (Å²) < 4.78 is 0. The molecule has 1 rings (SSSR count). The molecule has 1 heteroatoms. The lowest BCUT2D eigenvalue weighted by molar-refractivity contribution is 0.0826. The van der Waals surface area contributed by atoms with Crippen LogP contribution in [0.2, 0.25) is 0 Å². The lowest BCUT2D eigenvalue weighted by Gasteiger charge is -2.43. The summed E-state index contributed by atoms with van der Waals surface area (Å²) in [5.74, 6) is 3.55. The van der Waals surface area contributed by atoms with Crippen LogP contribution in [0.3, 0.4) is 0 Å². The molecule has 20 heavy (non-hydrogen) atoms. The number of rotatable bonds is 4. The van der Waals surface area contributed by atoms with Crippen LogP contribution in [0.4, 0.5) is 0 Å². The van der Waals surface area contributed by atoms with Crippen molar-refractivity contribution in [1.82, 2.24) is 5.32 Å². The molecule has 1 saturated carbocycles. The molecule has 0 bridgehead atoms. The smallest absolute Gasteiger partial charge is 0.00966 e. The van der Waals surface area contributed by atoms with Gasteiger partial charge < -0.3 is 5.32 Å².